The molecule has 0 radical (unpaired) electrons. The Morgan fingerprint density at radius 3 is 0.467 bits per heavy atom. The number of hydrogen-bond acceptors (Lipinski definition) is 10. The first-order valence-corrected chi connectivity index (χ1v) is 15.4. The van der Waals surface area contributed by atoms with Gasteiger partial charge in [-0.15, -0.1) is 0 Å². The highest BCUT2D eigenvalue weighted by atomic mass is 16.4. The lowest BCUT2D eigenvalue weighted by atomic mass is 10.0. The van der Waals surface area contributed by atoms with Gasteiger partial charge in [-0.2, -0.15) is 0 Å². The van der Waals surface area contributed by atoms with Gasteiger partial charge in [-0.1, -0.05) is 101 Å². The van der Waals surface area contributed by atoms with E-state index in [1.807, 2.05) is 69.2 Å². The van der Waals surface area contributed by atoms with E-state index in [-0.39, 0.29) is 29.6 Å². The Labute approximate surface area is 269 Å². The predicted molar refractivity (Wildman–Crippen MR) is 175 cm³/mol. The van der Waals surface area contributed by atoms with Crippen LogP contribution in [0.25, 0.3) is 0 Å². The van der Waals surface area contributed by atoms with Gasteiger partial charge in [0, 0.05) is 0 Å². The van der Waals surface area contributed by atoms with Crippen molar-refractivity contribution in [3.63, 3.8) is 0 Å². The van der Waals surface area contributed by atoms with Gasteiger partial charge >= 0.3 is 29.8 Å². The van der Waals surface area contributed by atoms with Crippen LogP contribution < -0.4 is 28.7 Å². The minimum absolute atomic E-state index is 0.0718. The molecule has 0 spiro atoms. The highest BCUT2D eigenvalue weighted by molar-refractivity contribution is 5.74. The van der Waals surface area contributed by atoms with Crippen LogP contribution in [0.15, 0.2) is 0 Å². The fraction of sp³-hybridized carbons (Fsp3) is 0.833. The molecule has 10 atom stereocenters. The first-order chi connectivity index (χ1) is 20.5. The van der Waals surface area contributed by atoms with Crippen molar-refractivity contribution in [3.05, 3.63) is 0 Å². The number of carboxylic acids is 5. The van der Waals surface area contributed by atoms with Gasteiger partial charge in [-0.3, -0.25) is 24.0 Å². The zero-order valence-corrected chi connectivity index (χ0v) is 29.0. The van der Waals surface area contributed by atoms with Crippen LogP contribution in [0.5, 0.6) is 0 Å². The van der Waals surface area contributed by atoms with Crippen LogP contribution in [0.1, 0.15) is 101 Å². The normalized spacial score (nSPS) is 16.8. The van der Waals surface area contributed by atoms with Crippen molar-refractivity contribution in [2.24, 2.45) is 58.3 Å². The number of carboxylic acid groups (broad SMARTS) is 5. The molecule has 0 saturated carbocycles. The second kappa shape index (κ2) is 29.8. The Kier molecular flexibility index (Phi) is 34.3. The molecular formula is C30H65N5O10. The average Bonchev–Trinajstić information content (AvgIpc) is 3.01. The van der Waals surface area contributed by atoms with Crippen molar-refractivity contribution in [2.75, 3.05) is 0 Å². The SMILES string of the molecule is CC[C@H](C)[C@H](N)C(=O)O.CC[C@H](C)[C@H](N)C(=O)O.CC[C@H](C)[C@H](N)C(=O)O.CC[C@H](C)[C@H](N)C(=O)O.CC[C@H](C)[C@H](N)C(=O)O. The molecule has 0 amide bonds. The molecule has 0 aliphatic rings. The van der Waals surface area contributed by atoms with E-state index in [0.29, 0.717) is 0 Å². The van der Waals surface area contributed by atoms with Crippen molar-refractivity contribution in [1.82, 2.24) is 0 Å². The predicted octanol–water partition coefficient (Wildman–Crippen LogP) is 2.22. The monoisotopic (exact) mass is 655 g/mol. The molecule has 0 saturated heterocycles. The van der Waals surface area contributed by atoms with Crippen molar-refractivity contribution in [1.29, 1.82) is 0 Å². The highest BCUT2D eigenvalue weighted by Gasteiger charge is 2.19. The number of carbonyl (C=O) groups is 5. The largest absolute Gasteiger partial charge is 0.480 e. The summed E-state index contributed by atoms with van der Waals surface area (Å²) in [5, 5.41) is 41.8. The second-order valence-corrected chi connectivity index (χ2v) is 11.2. The molecule has 0 aliphatic heterocycles. The smallest absolute Gasteiger partial charge is 0.320 e. The van der Waals surface area contributed by atoms with E-state index in [1.54, 1.807) is 0 Å². The number of aliphatic carboxylic acids is 5. The molecule has 0 aliphatic carbocycles. The van der Waals surface area contributed by atoms with Crippen molar-refractivity contribution in [3.8, 4) is 0 Å². The maximum absolute atomic E-state index is 10.2. The quantitative estimate of drug-likeness (QED) is 0.121. The summed E-state index contributed by atoms with van der Waals surface area (Å²) in [5.74, 6) is -4.20. The molecular weight excluding hydrogens is 590 g/mol. The number of nitrogens with two attached hydrogens (primary N) is 5. The van der Waals surface area contributed by atoms with Crippen LogP contribution in [-0.4, -0.2) is 85.6 Å². The van der Waals surface area contributed by atoms with E-state index >= 15 is 0 Å². The summed E-state index contributed by atoms with van der Waals surface area (Å²) in [4.78, 5) is 50.9. The molecule has 0 aromatic carbocycles. The molecule has 0 heterocycles. The van der Waals surface area contributed by atoms with Gasteiger partial charge in [-0.05, 0) is 29.6 Å². The second-order valence-electron chi connectivity index (χ2n) is 11.2. The molecule has 0 aromatic heterocycles. The lowest BCUT2D eigenvalue weighted by molar-refractivity contribution is -0.140. The zero-order valence-electron chi connectivity index (χ0n) is 29.0. The Hall–Kier alpha value is -2.85. The van der Waals surface area contributed by atoms with Crippen LogP contribution in [0.2, 0.25) is 0 Å². The minimum atomic E-state index is -0.913. The van der Waals surface area contributed by atoms with Crippen LogP contribution in [0, 0.1) is 29.6 Å². The zero-order chi connectivity index (χ0) is 37.2. The van der Waals surface area contributed by atoms with Crippen molar-refractivity contribution in [2.45, 2.75) is 132 Å². The fourth-order valence-electron chi connectivity index (χ4n) is 2.49. The van der Waals surface area contributed by atoms with Gasteiger partial charge in [0.1, 0.15) is 30.2 Å². The molecule has 0 unspecified atom stereocenters. The Morgan fingerprint density at radius 1 is 0.356 bits per heavy atom. The summed E-state index contributed by atoms with van der Waals surface area (Å²) < 4.78 is 0. The summed E-state index contributed by atoms with van der Waals surface area (Å²) in [6, 6.07) is -3.50. The Morgan fingerprint density at radius 2 is 0.444 bits per heavy atom. The van der Waals surface area contributed by atoms with E-state index in [1.165, 1.54) is 0 Å². The van der Waals surface area contributed by atoms with Crippen molar-refractivity contribution < 1.29 is 49.5 Å². The molecule has 0 bridgehead atoms. The molecule has 15 heteroatoms. The first-order valence-electron chi connectivity index (χ1n) is 15.4. The fourth-order valence-corrected chi connectivity index (χ4v) is 2.49. The Bertz CT molecular complexity index is 667. The minimum Gasteiger partial charge on any atom is -0.480 e. The standard InChI is InChI=1S/5C6H13NO2/c5*1-3-4(2)5(7)6(8)9/h5*4-5H,3,7H2,1-2H3,(H,8,9)/t5*4-,5-/m00000/s1. The molecule has 270 valence electrons. The molecule has 45 heavy (non-hydrogen) atoms. The Balaban J connectivity index is -0.000000148. The number of hydrogen-bond donors (Lipinski definition) is 10. The average molecular weight is 656 g/mol. The molecule has 0 aromatic rings. The van der Waals surface area contributed by atoms with Crippen molar-refractivity contribution >= 4 is 29.8 Å². The number of rotatable bonds is 15. The van der Waals surface area contributed by atoms with Crippen LogP contribution >= 0.6 is 0 Å². The van der Waals surface area contributed by atoms with Crippen LogP contribution in [-0.2, 0) is 24.0 Å². The summed E-state index contributed by atoms with van der Waals surface area (Å²) >= 11 is 0. The maximum Gasteiger partial charge on any atom is 0.320 e. The van der Waals surface area contributed by atoms with Gasteiger partial charge in [0.2, 0.25) is 0 Å². The van der Waals surface area contributed by atoms with E-state index < -0.39 is 60.1 Å². The third-order valence-electron chi connectivity index (χ3n) is 7.71. The summed E-state index contributed by atoms with van der Waals surface area (Å²) in [5.41, 5.74) is 26.4. The molecule has 0 fully saturated rings. The summed E-state index contributed by atoms with van der Waals surface area (Å²) in [7, 11) is 0. The van der Waals surface area contributed by atoms with Gasteiger partial charge in [-0.25, -0.2) is 0 Å². The maximum atomic E-state index is 10.2. The molecule has 0 rings (SSSR count). The lowest BCUT2D eigenvalue weighted by Gasteiger charge is -2.11. The highest BCUT2D eigenvalue weighted by Crippen LogP contribution is 2.06. The first kappa shape index (κ1) is 51.7. The van der Waals surface area contributed by atoms with Gasteiger partial charge in [0.25, 0.3) is 0 Å². The summed E-state index contributed by atoms with van der Waals surface area (Å²) in [6.45, 7) is 18.8. The van der Waals surface area contributed by atoms with Crippen LogP contribution in [0.3, 0.4) is 0 Å². The molecule has 15 N–H and O–H groups in total. The lowest BCUT2D eigenvalue weighted by Crippen LogP contribution is -2.36. The third kappa shape index (κ3) is 28.4. The van der Waals surface area contributed by atoms with Gasteiger partial charge < -0.3 is 54.2 Å². The third-order valence-corrected chi connectivity index (χ3v) is 7.71. The van der Waals surface area contributed by atoms with E-state index in [2.05, 4.69) is 0 Å². The summed E-state index contributed by atoms with van der Waals surface area (Å²) in [6.07, 6.45) is 4.06. The topological polar surface area (TPSA) is 317 Å². The van der Waals surface area contributed by atoms with E-state index in [9.17, 15) is 24.0 Å². The van der Waals surface area contributed by atoms with Gasteiger partial charge in [0.15, 0.2) is 0 Å². The van der Waals surface area contributed by atoms with Gasteiger partial charge in [0.05, 0.1) is 0 Å². The van der Waals surface area contributed by atoms with E-state index in [4.69, 9.17) is 54.2 Å². The van der Waals surface area contributed by atoms with Crippen LogP contribution in [0.4, 0.5) is 0 Å². The van der Waals surface area contributed by atoms with E-state index in [0.717, 1.165) is 32.1 Å². The molecule has 15 nitrogen and oxygen atoms in total.